The molecule has 0 saturated heterocycles. The predicted molar refractivity (Wildman–Crippen MR) is 83.7 cm³/mol. The maximum Gasteiger partial charge on any atom is 0.316 e. The molecule has 130 valence electrons. The number of aromatic nitrogens is 1. The number of hydrogen-bond acceptors (Lipinski definition) is 8. The molecule has 0 fully saturated rings. The first-order chi connectivity index (χ1) is 11.3. The minimum absolute atomic E-state index is 0.0813. The molecule has 1 N–H and O–H groups in total. The van der Waals surface area contributed by atoms with Gasteiger partial charge in [-0.3, -0.25) is 9.59 Å². The highest BCUT2D eigenvalue weighted by atomic mass is 16.5. The number of hydrogen-bond donors (Lipinski definition) is 1. The molecule has 0 saturated carbocycles. The summed E-state index contributed by atoms with van der Waals surface area (Å²) in [4.78, 5) is 24.1. The zero-order chi connectivity index (χ0) is 17.9. The van der Waals surface area contributed by atoms with Crippen molar-refractivity contribution in [2.45, 2.75) is 40.0 Å². The van der Waals surface area contributed by atoms with Crippen molar-refractivity contribution in [2.75, 3.05) is 6.61 Å². The first kappa shape index (κ1) is 17.8. The van der Waals surface area contributed by atoms with Gasteiger partial charge in [-0.1, -0.05) is 25.9 Å². The number of Topliss-reactive ketones (excluding diaryl/α,β-unsaturated/α-hetero) is 1. The van der Waals surface area contributed by atoms with Crippen LogP contribution in [0.1, 0.15) is 45.8 Å². The summed E-state index contributed by atoms with van der Waals surface area (Å²) in [5.41, 5.74) is -0.236. The van der Waals surface area contributed by atoms with E-state index >= 15 is 0 Å². The van der Waals surface area contributed by atoms with Crippen LogP contribution >= 0.6 is 0 Å². The number of rotatable bonds is 5. The Bertz CT molecular complexity index is 690. The third kappa shape index (κ3) is 3.69. The summed E-state index contributed by atoms with van der Waals surface area (Å²) < 4.78 is 10.0. The van der Waals surface area contributed by atoms with Crippen molar-refractivity contribution in [2.24, 2.45) is 22.1 Å². The lowest BCUT2D eigenvalue weighted by Crippen LogP contribution is -2.33. The molecule has 0 radical (unpaired) electrons. The molecule has 0 aromatic carbocycles. The van der Waals surface area contributed by atoms with E-state index in [0.717, 1.165) is 0 Å². The minimum Gasteiger partial charge on any atom is -0.509 e. The first-order valence-electron chi connectivity index (χ1n) is 7.86. The van der Waals surface area contributed by atoms with Crippen molar-refractivity contribution >= 4 is 17.6 Å². The number of aliphatic hydroxyl groups is 1. The molecule has 1 aromatic rings. The van der Waals surface area contributed by atoms with E-state index in [1.165, 1.54) is 0 Å². The molecule has 2 rings (SSSR count). The van der Waals surface area contributed by atoms with Crippen molar-refractivity contribution in [1.82, 2.24) is 5.16 Å². The zero-order valence-corrected chi connectivity index (χ0v) is 14.1. The quantitative estimate of drug-likeness (QED) is 0.651. The molecule has 2 unspecified atom stereocenters. The number of ketones is 1. The topological polar surface area (TPSA) is 114 Å². The standard InChI is InChI=1S/C16H21N3O5/c1-5-23-16(22)13-9(4)6-10(20)14(15(13)21)18-17-12-7-11(8(2)3)24-19-12/h7-9,13,21H,5-6H2,1-4H3. The monoisotopic (exact) mass is 335 g/mol. The second-order valence-corrected chi connectivity index (χ2v) is 6.01. The highest BCUT2D eigenvalue weighted by Gasteiger charge is 2.40. The second kappa shape index (κ2) is 7.37. The average Bonchev–Trinajstić information content (AvgIpc) is 2.96. The largest absolute Gasteiger partial charge is 0.509 e. The van der Waals surface area contributed by atoms with Crippen LogP contribution in [-0.4, -0.2) is 28.6 Å². The minimum atomic E-state index is -0.917. The molecule has 1 aromatic heterocycles. The Labute approximate surface area is 139 Å². The van der Waals surface area contributed by atoms with Crippen molar-refractivity contribution in [3.8, 4) is 0 Å². The summed E-state index contributed by atoms with van der Waals surface area (Å²) in [6, 6.07) is 1.60. The average molecular weight is 335 g/mol. The van der Waals surface area contributed by atoms with Crippen LogP contribution in [0.5, 0.6) is 0 Å². The lowest BCUT2D eigenvalue weighted by atomic mass is 9.82. The van der Waals surface area contributed by atoms with E-state index in [9.17, 15) is 14.7 Å². The maximum atomic E-state index is 12.1. The number of allylic oxidation sites excluding steroid dienone is 1. The summed E-state index contributed by atoms with van der Waals surface area (Å²) in [6.45, 7) is 7.44. The molecule has 24 heavy (non-hydrogen) atoms. The van der Waals surface area contributed by atoms with E-state index in [4.69, 9.17) is 9.26 Å². The Morgan fingerprint density at radius 2 is 2.21 bits per heavy atom. The van der Waals surface area contributed by atoms with Crippen LogP contribution in [0.15, 0.2) is 32.3 Å². The number of esters is 1. The predicted octanol–water partition coefficient (Wildman–Crippen LogP) is 3.44. The summed E-state index contributed by atoms with van der Waals surface area (Å²) in [5, 5.41) is 21.6. The number of carbonyl (C=O) groups is 2. The summed E-state index contributed by atoms with van der Waals surface area (Å²) >= 11 is 0. The molecule has 0 amide bonds. The fourth-order valence-corrected chi connectivity index (χ4v) is 2.45. The molecule has 0 spiro atoms. The Morgan fingerprint density at radius 3 is 2.79 bits per heavy atom. The summed E-state index contributed by atoms with van der Waals surface area (Å²) in [7, 11) is 0. The number of carbonyl (C=O) groups excluding carboxylic acids is 2. The van der Waals surface area contributed by atoms with Gasteiger partial charge in [0.05, 0.1) is 6.61 Å². The highest BCUT2D eigenvalue weighted by molar-refractivity contribution is 5.98. The fraction of sp³-hybridized carbons (Fsp3) is 0.562. The third-order valence-corrected chi connectivity index (χ3v) is 3.76. The van der Waals surface area contributed by atoms with Crippen molar-refractivity contribution < 1.29 is 24.0 Å². The van der Waals surface area contributed by atoms with Crippen LogP contribution < -0.4 is 0 Å². The Morgan fingerprint density at radius 1 is 1.50 bits per heavy atom. The van der Waals surface area contributed by atoms with Gasteiger partial charge in [-0.25, -0.2) is 0 Å². The smallest absolute Gasteiger partial charge is 0.316 e. The van der Waals surface area contributed by atoms with Gasteiger partial charge in [0.2, 0.25) is 5.82 Å². The number of aliphatic hydroxyl groups excluding tert-OH is 1. The van der Waals surface area contributed by atoms with E-state index in [2.05, 4.69) is 15.4 Å². The number of azo groups is 1. The normalized spacial score (nSPS) is 21.8. The molecule has 1 aliphatic rings. The Balaban J connectivity index is 2.29. The molecular formula is C16H21N3O5. The van der Waals surface area contributed by atoms with Crippen molar-refractivity contribution in [1.29, 1.82) is 0 Å². The zero-order valence-electron chi connectivity index (χ0n) is 14.1. The van der Waals surface area contributed by atoms with E-state index in [0.29, 0.717) is 5.76 Å². The molecule has 1 heterocycles. The van der Waals surface area contributed by atoms with Crippen molar-refractivity contribution in [3.05, 3.63) is 23.3 Å². The number of nitrogens with zero attached hydrogens (tertiary/aromatic N) is 3. The molecule has 8 nitrogen and oxygen atoms in total. The first-order valence-corrected chi connectivity index (χ1v) is 7.86. The van der Waals surface area contributed by atoms with E-state index in [-0.39, 0.29) is 42.2 Å². The van der Waals surface area contributed by atoms with Crippen LogP contribution in [0.2, 0.25) is 0 Å². The highest BCUT2D eigenvalue weighted by Crippen LogP contribution is 2.33. The maximum absolute atomic E-state index is 12.1. The van der Waals surface area contributed by atoms with E-state index in [1.807, 2.05) is 13.8 Å². The van der Waals surface area contributed by atoms with Gasteiger partial charge in [0.15, 0.2) is 11.5 Å². The van der Waals surface area contributed by atoms with Crippen LogP contribution in [0, 0.1) is 11.8 Å². The van der Waals surface area contributed by atoms with Gasteiger partial charge in [-0.15, -0.1) is 10.2 Å². The van der Waals surface area contributed by atoms with Gasteiger partial charge >= 0.3 is 5.97 Å². The lowest BCUT2D eigenvalue weighted by molar-refractivity contribution is -0.150. The SMILES string of the molecule is CCOC(=O)C1C(O)=C(N=Nc2cc(C(C)C)on2)C(=O)CC1C. The van der Waals surface area contributed by atoms with Crippen molar-refractivity contribution in [3.63, 3.8) is 0 Å². The lowest BCUT2D eigenvalue weighted by Gasteiger charge is -2.25. The van der Waals surface area contributed by atoms with Gasteiger partial charge in [-0.05, 0) is 12.8 Å². The van der Waals surface area contributed by atoms with E-state index in [1.54, 1.807) is 19.9 Å². The molecular weight excluding hydrogens is 314 g/mol. The Kier molecular flexibility index (Phi) is 5.48. The van der Waals surface area contributed by atoms with Crippen LogP contribution in [0.4, 0.5) is 5.82 Å². The second-order valence-electron chi connectivity index (χ2n) is 6.01. The number of ether oxygens (including phenoxy) is 1. The van der Waals surface area contributed by atoms with Crippen LogP contribution in [0.25, 0.3) is 0 Å². The molecule has 8 heteroatoms. The van der Waals surface area contributed by atoms with Gasteiger partial charge in [-0.2, -0.15) is 0 Å². The fourth-order valence-electron chi connectivity index (χ4n) is 2.45. The molecule has 2 atom stereocenters. The van der Waals surface area contributed by atoms with Gasteiger partial charge in [0.25, 0.3) is 0 Å². The van der Waals surface area contributed by atoms with Crippen LogP contribution in [0.3, 0.4) is 0 Å². The van der Waals surface area contributed by atoms with Gasteiger partial charge in [0.1, 0.15) is 17.4 Å². The summed E-state index contributed by atoms with van der Waals surface area (Å²) in [5.74, 6) is -1.68. The van der Waals surface area contributed by atoms with E-state index < -0.39 is 17.6 Å². The summed E-state index contributed by atoms with van der Waals surface area (Å²) in [6.07, 6.45) is 0.0813. The molecule has 0 aliphatic heterocycles. The Hall–Kier alpha value is -2.51. The van der Waals surface area contributed by atoms with Crippen LogP contribution in [-0.2, 0) is 14.3 Å². The third-order valence-electron chi connectivity index (χ3n) is 3.76. The molecule has 0 bridgehead atoms. The molecule has 1 aliphatic carbocycles. The van der Waals surface area contributed by atoms with Gasteiger partial charge < -0.3 is 14.4 Å². The van der Waals surface area contributed by atoms with Gasteiger partial charge in [0, 0.05) is 18.4 Å².